The molecule has 0 bridgehead atoms. The first-order chi connectivity index (χ1) is 8.13. The molecular weight excluding hydrogens is 216 g/mol. The Balaban J connectivity index is 2.14. The standard InChI is InChI=1S/C14H10O3/c15-11-6-7-14(17)10(8-12(16)13(11)14)9-4-2-1-3-5-9/h1-8,13,17H. The molecule has 1 aromatic carbocycles. The van der Waals surface area contributed by atoms with Gasteiger partial charge in [0, 0.05) is 0 Å². The zero-order valence-electron chi connectivity index (χ0n) is 8.96. The molecule has 0 saturated carbocycles. The first-order valence-corrected chi connectivity index (χ1v) is 5.40. The van der Waals surface area contributed by atoms with Crippen molar-refractivity contribution in [2.45, 2.75) is 5.60 Å². The third-order valence-corrected chi connectivity index (χ3v) is 3.31. The Morgan fingerprint density at radius 3 is 2.47 bits per heavy atom. The lowest BCUT2D eigenvalue weighted by atomic mass is 9.85. The van der Waals surface area contributed by atoms with E-state index in [1.54, 1.807) is 0 Å². The summed E-state index contributed by atoms with van der Waals surface area (Å²) in [4.78, 5) is 23.3. The first-order valence-electron chi connectivity index (χ1n) is 5.40. The molecule has 0 heterocycles. The van der Waals surface area contributed by atoms with Crippen LogP contribution in [-0.2, 0) is 9.59 Å². The molecule has 0 aliphatic heterocycles. The molecule has 84 valence electrons. The molecule has 1 N–H and O–H groups in total. The van der Waals surface area contributed by atoms with E-state index < -0.39 is 11.5 Å². The molecule has 2 atom stereocenters. The fourth-order valence-corrected chi connectivity index (χ4v) is 2.49. The van der Waals surface area contributed by atoms with Crippen LogP contribution in [0, 0.1) is 5.92 Å². The van der Waals surface area contributed by atoms with E-state index >= 15 is 0 Å². The van der Waals surface area contributed by atoms with E-state index in [-0.39, 0.29) is 11.6 Å². The van der Waals surface area contributed by atoms with E-state index in [1.165, 1.54) is 18.2 Å². The second-order valence-corrected chi connectivity index (χ2v) is 4.32. The van der Waals surface area contributed by atoms with Crippen molar-refractivity contribution in [1.82, 2.24) is 0 Å². The quantitative estimate of drug-likeness (QED) is 0.730. The maximum atomic E-state index is 11.8. The lowest BCUT2D eigenvalue weighted by Crippen LogP contribution is -2.36. The van der Waals surface area contributed by atoms with Crippen LogP contribution in [0.15, 0.2) is 48.6 Å². The number of fused-ring (bicyclic) bond motifs is 1. The Hall–Kier alpha value is -2.00. The Labute approximate surface area is 98.1 Å². The van der Waals surface area contributed by atoms with Gasteiger partial charge in [-0.3, -0.25) is 9.59 Å². The van der Waals surface area contributed by atoms with E-state index in [9.17, 15) is 14.7 Å². The van der Waals surface area contributed by atoms with Crippen LogP contribution >= 0.6 is 0 Å². The van der Waals surface area contributed by atoms with Crippen LogP contribution in [0.5, 0.6) is 0 Å². The predicted octanol–water partition coefficient (Wildman–Crippen LogP) is 1.14. The highest BCUT2D eigenvalue weighted by Crippen LogP contribution is 2.44. The maximum Gasteiger partial charge on any atom is 0.170 e. The van der Waals surface area contributed by atoms with Crippen molar-refractivity contribution in [3.8, 4) is 0 Å². The summed E-state index contributed by atoms with van der Waals surface area (Å²) < 4.78 is 0. The molecule has 0 aromatic heterocycles. The monoisotopic (exact) mass is 226 g/mol. The van der Waals surface area contributed by atoms with Gasteiger partial charge in [0.1, 0.15) is 11.5 Å². The average molecular weight is 226 g/mol. The molecule has 17 heavy (non-hydrogen) atoms. The highest BCUT2D eigenvalue weighted by atomic mass is 16.3. The molecule has 1 aromatic rings. The number of aliphatic hydroxyl groups is 1. The summed E-state index contributed by atoms with van der Waals surface area (Å²) in [6.45, 7) is 0. The number of benzene rings is 1. The van der Waals surface area contributed by atoms with Gasteiger partial charge in [-0.1, -0.05) is 30.3 Å². The minimum atomic E-state index is -1.45. The van der Waals surface area contributed by atoms with Gasteiger partial charge in [-0.25, -0.2) is 0 Å². The molecule has 0 fully saturated rings. The van der Waals surface area contributed by atoms with Gasteiger partial charge in [0.25, 0.3) is 0 Å². The van der Waals surface area contributed by atoms with Crippen molar-refractivity contribution < 1.29 is 14.7 Å². The minimum Gasteiger partial charge on any atom is -0.380 e. The lowest BCUT2D eigenvalue weighted by Gasteiger charge is -2.23. The molecule has 0 spiro atoms. The number of ketones is 2. The summed E-state index contributed by atoms with van der Waals surface area (Å²) >= 11 is 0. The molecule has 3 rings (SSSR count). The van der Waals surface area contributed by atoms with Crippen LogP contribution in [0.2, 0.25) is 0 Å². The molecule has 2 aliphatic carbocycles. The van der Waals surface area contributed by atoms with Crippen LogP contribution in [0.3, 0.4) is 0 Å². The average Bonchev–Trinajstić information content (AvgIpc) is 2.77. The normalized spacial score (nSPS) is 30.6. The lowest BCUT2D eigenvalue weighted by molar-refractivity contribution is -0.130. The molecule has 2 unspecified atom stereocenters. The van der Waals surface area contributed by atoms with E-state index in [0.717, 1.165) is 5.56 Å². The van der Waals surface area contributed by atoms with Gasteiger partial charge in [-0.15, -0.1) is 0 Å². The van der Waals surface area contributed by atoms with Crippen molar-refractivity contribution in [1.29, 1.82) is 0 Å². The molecule has 0 amide bonds. The molecule has 0 saturated heterocycles. The van der Waals surface area contributed by atoms with E-state index in [1.807, 2.05) is 30.3 Å². The third kappa shape index (κ3) is 1.26. The van der Waals surface area contributed by atoms with Crippen molar-refractivity contribution in [3.05, 3.63) is 54.1 Å². The SMILES string of the molecule is O=C1C=CC2(O)C(c3ccccc3)=CC(=O)C12. The van der Waals surface area contributed by atoms with Crippen LogP contribution in [0.1, 0.15) is 5.56 Å². The van der Waals surface area contributed by atoms with E-state index in [2.05, 4.69) is 0 Å². The topological polar surface area (TPSA) is 54.4 Å². The Morgan fingerprint density at radius 2 is 1.76 bits per heavy atom. The van der Waals surface area contributed by atoms with Crippen LogP contribution < -0.4 is 0 Å². The fourth-order valence-electron chi connectivity index (χ4n) is 2.49. The maximum absolute atomic E-state index is 11.8. The smallest absolute Gasteiger partial charge is 0.170 e. The molecule has 2 aliphatic rings. The largest absolute Gasteiger partial charge is 0.380 e. The minimum absolute atomic E-state index is 0.318. The molecule has 3 nitrogen and oxygen atoms in total. The third-order valence-electron chi connectivity index (χ3n) is 3.31. The van der Waals surface area contributed by atoms with Crippen molar-refractivity contribution in [2.75, 3.05) is 0 Å². The summed E-state index contributed by atoms with van der Waals surface area (Å²) in [7, 11) is 0. The van der Waals surface area contributed by atoms with Gasteiger partial charge in [0.15, 0.2) is 11.6 Å². The van der Waals surface area contributed by atoms with Crippen molar-refractivity contribution in [2.24, 2.45) is 5.92 Å². The van der Waals surface area contributed by atoms with Gasteiger partial charge in [0.2, 0.25) is 0 Å². The Kier molecular flexibility index (Phi) is 1.94. The predicted molar refractivity (Wildman–Crippen MR) is 62.0 cm³/mol. The fraction of sp³-hybridized carbons (Fsp3) is 0.143. The number of hydrogen-bond acceptors (Lipinski definition) is 3. The van der Waals surface area contributed by atoms with Crippen LogP contribution in [0.25, 0.3) is 5.57 Å². The first kappa shape index (κ1) is 10.2. The number of carbonyl (C=O) groups is 2. The summed E-state index contributed by atoms with van der Waals surface area (Å²) in [6.07, 6.45) is 4.09. The number of allylic oxidation sites excluding steroid dienone is 2. The summed E-state index contributed by atoms with van der Waals surface area (Å²) in [5.74, 6) is -1.61. The summed E-state index contributed by atoms with van der Waals surface area (Å²) in [5.41, 5.74) is -0.171. The van der Waals surface area contributed by atoms with Gasteiger partial charge >= 0.3 is 0 Å². The molecular formula is C14H10O3. The second-order valence-electron chi connectivity index (χ2n) is 4.32. The zero-order chi connectivity index (χ0) is 12.0. The number of carbonyl (C=O) groups excluding carboxylic acids is 2. The summed E-state index contributed by atoms with van der Waals surface area (Å²) in [5, 5.41) is 10.5. The second kappa shape index (κ2) is 3.25. The van der Waals surface area contributed by atoms with Crippen molar-refractivity contribution >= 4 is 17.1 Å². The van der Waals surface area contributed by atoms with Gasteiger partial charge in [-0.2, -0.15) is 0 Å². The van der Waals surface area contributed by atoms with Gasteiger partial charge in [0.05, 0.1) is 0 Å². The van der Waals surface area contributed by atoms with Crippen molar-refractivity contribution in [3.63, 3.8) is 0 Å². The number of rotatable bonds is 1. The highest BCUT2D eigenvalue weighted by molar-refractivity contribution is 6.22. The van der Waals surface area contributed by atoms with Crippen LogP contribution in [0.4, 0.5) is 0 Å². The number of hydrogen-bond donors (Lipinski definition) is 1. The molecule has 3 heteroatoms. The molecule has 0 radical (unpaired) electrons. The van der Waals surface area contributed by atoms with Gasteiger partial charge < -0.3 is 5.11 Å². The Bertz CT molecular complexity index is 568. The van der Waals surface area contributed by atoms with E-state index in [4.69, 9.17) is 0 Å². The highest BCUT2D eigenvalue weighted by Gasteiger charge is 2.53. The zero-order valence-corrected chi connectivity index (χ0v) is 8.96. The summed E-state index contributed by atoms with van der Waals surface area (Å²) in [6, 6.07) is 9.15. The van der Waals surface area contributed by atoms with Crippen LogP contribution in [-0.4, -0.2) is 22.3 Å². The van der Waals surface area contributed by atoms with E-state index in [0.29, 0.717) is 5.57 Å². The van der Waals surface area contributed by atoms with Gasteiger partial charge in [-0.05, 0) is 29.4 Å². The Morgan fingerprint density at radius 1 is 1.06 bits per heavy atom.